The summed E-state index contributed by atoms with van der Waals surface area (Å²) in [7, 11) is 0. The molecule has 65 heavy (non-hydrogen) atoms. The van der Waals surface area contributed by atoms with Crippen molar-refractivity contribution in [3.05, 3.63) is 23.8 Å². The smallest absolute Gasteiger partial charge is 0.407 e. The fraction of sp³-hybridized carbons (Fsp3) is 0.912. The molecule has 376 valence electrons. The number of rotatable bonds is 33. The molecule has 0 aromatic rings. The highest BCUT2D eigenvalue weighted by atomic mass is 16.6. The SMILES string of the molecule is CCCCCCCCC=CCCCCCCCCOCC(CN1CCOCC1)OCCOCCNC(=O)O[C@H]1CC[C@@]2(C)C(=CC[C@@H]3[C@@H]2CC[C@]2(C)C([C@H](C)CCCC(C)C)CC[C@@H]32)C1. The number of unbranched alkanes of at least 4 members (excludes halogenated alkanes) is 12. The first-order valence-corrected chi connectivity index (χ1v) is 28.0. The number of morpholine rings is 1. The summed E-state index contributed by atoms with van der Waals surface area (Å²) >= 11 is 0. The number of alkyl carbamates (subject to hydrolysis) is 1. The van der Waals surface area contributed by atoms with Crippen LogP contribution in [0.5, 0.6) is 0 Å². The average Bonchev–Trinajstić information content (AvgIpc) is 3.66. The maximum atomic E-state index is 12.9. The number of fused-ring (bicyclic) bond motifs is 5. The molecule has 1 N–H and O–H groups in total. The van der Waals surface area contributed by atoms with Crippen molar-refractivity contribution < 1.29 is 28.5 Å². The summed E-state index contributed by atoms with van der Waals surface area (Å²) in [4.78, 5) is 15.3. The predicted molar refractivity (Wildman–Crippen MR) is 269 cm³/mol. The zero-order valence-electron chi connectivity index (χ0n) is 43.2. The Kier molecular flexibility index (Phi) is 25.3. The number of ether oxygens (including phenoxy) is 5. The Morgan fingerprint density at radius 2 is 1.52 bits per heavy atom. The van der Waals surface area contributed by atoms with Gasteiger partial charge in [0.1, 0.15) is 6.10 Å². The Bertz CT molecular complexity index is 1350. The zero-order chi connectivity index (χ0) is 46.2. The number of carbonyl (C=O) groups excluding carboxylic acids is 1. The minimum Gasteiger partial charge on any atom is -0.446 e. The molecule has 1 aliphatic heterocycles. The van der Waals surface area contributed by atoms with Gasteiger partial charge in [0.05, 0.1) is 45.7 Å². The van der Waals surface area contributed by atoms with Gasteiger partial charge >= 0.3 is 6.09 Å². The van der Waals surface area contributed by atoms with Crippen molar-refractivity contribution in [3.8, 4) is 0 Å². The van der Waals surface area contributed by atoms with Crippen molar-refractivity contribution in [2.75, 3.05) is 72.4 Å². The standard InChI is InChI=1S/C57H102N2O6/c1-7-8-9-10-11-12-13-14-15-16-17-18-19-20-21-22-37-63-45-50(44-59-35-39-62-40-36-59)64-42-41-61-38-34-58-55(60)65-49-30-32-56(5)48(43-49)26-27-51-53-29-28-52(47(4)25-23-24-46(2)3)57(53,6)33-31-54(51)56/h14-15,26,46-47,49-54H,7-13,16-25,27-45H2,1-6H3,(H,58,60)/t47-,49+,50?,51+,52?,53+,54+,56+,57-/m1/s1. The van der Waals surface area contributed by atoms with Gasteiger partial charge in [0.2, 0.25) is 0 Å². The first kappa shape index (κ1) is 54.5. The fourth-order valence-corrected chi connectivity index (χ4v) is 13.4. The van der Waals surface area contributed by atoms with Crippen LogP contribution >= 0.6 is 0 Å². The molecule has 9 atom stereocenters. The van der Waals surface area contributed by atoms with Gasteiger partial charge in [-0.15, -0.1) is 0 Å². The van der Waals surface area contributed by atoms with Crippen molar-refractivity contribution >= 4 is 6.09 Å². The third kappa shape index (κ3) is 18.1. The van der Waals surface area contributed by atoms with Gasteiger partial charge in [-0.1, -0.05) is 142 Å². The molecular weight excluding hydrogens is 809 g/mol. The van der Waals surface area contributed by atoms with Crippen molar-refractivity contribution in [2.24, 2.45) is 46.3 Å². The van der Waals surface area contributed by atoms with Crippen LogP contribution in [0, 0.1) is 46.3 Å². The third-order valence-corrected chi connectivity index (χ3v) is 17.3. The summed E-state index contributed by atoms with van der Waals surface area (Å²) in [6.45, 7) is 22.4. The lowest BCUT2D eigenvalue weighted by Gasteiger charge is -2.58. The lowest BCUT2D eigenvalue weighted by molar-refractivity contribution is -0.0622. The summed E-state index contributed by atoms with van der Waals surface area (Å²) in [5.74, 6) is 5.03. The van der Waals surface area contributed by atoms with Crippen molar-refractivity contribution in [1.82, 2.24) is 10.2 Å². The summed E-state index contributed by atoms with van der Waals surface area (Å²) < 4.78 is 29.9. The highest BCUT2D eigenvalue weighted by Gasteiger charge is 2.59. The molecule has 1 heterocycles. The van der Waals surface area contributed by atoms with E-state index in [1.165, 1.54) is 135 Å². The Balaban J connectivity index is 0.899. The molecule has 8 heteroatoms. The fourth-order valence-electron chi connectivity index (χ4n) is 13.4. The molecule has 4 fully saturated rings. The topological polar surface area (TPSA) is 78.5 Å². The van der Waals surface area contributed by atoms with Crippen LogP contribution in [-0.2, 0) is 23.7 Å². The molecule has 8 nitrogen and oxygen atoms in total. The number of allylic oxidation sites excluding steroid dienone is 3. The third-order valence-electron chi connectivity index (χ3n) is 17.3. The minimum atomic E-state index is -0.315. The molecule has 1 amide bonds. The van der Waals surface area contributed by atoms with E-state index in [1.54, 1.807) is 5.57 Å². The van der Waals surface area contributed by atoms with E-state index in [4.69, 9.17) is 23.7 Å². The Hall–Kier alpha value is -1.45. The first-order valence-electron chi connectivity index (χ1n) is 28.0. The Morgan fingerprint density at radius 3 is 2.26 bits per heavy atom. The van der Waals surface area contributed by atoms with Crippen LogP contribution in [0.4, 0.5) is 4.79 Å². The summed E-state index contributed by atoms with van der Waals surface area (Å²) in [6, 6.07) is 0. The van der Waals surface area contributed by atoms with Crippen LogP contribution in [0.15, 0.2) is 23.8 Å². The second-order valence-corrected chi connectivity index (χ2v) is 22.5. The van der Waals surface area contributed by atoms with E-state index in [0.717, 1.165) is 101 Å². The van der Waals surface area contributed by atoms with Gasteiger partial charge in [0, 0.05) is 39.2 Å². The number of nitrogens with zero attached hydrogens (tertiary/aromatic N) is 1. The zero-order valence-corrected chi connectivity index (χ0v) is 43.2. The van der Waals surface area contributed by atoms with Gasteiger partial charge in [0.15, 0.2) is 0 Å². The van der Waals surface area contributed by atoms with Crippen LogP contribution in [0.1, 0.15) is 202 Å². The molecule has 3 saturated carbocycles. The minimum absolute atomic E-state index is 0.00731. The van der Waals surface area contributed by atoms with E-state index in [2.05, 4.69) is 70.0 Å². The summed E-state index contributed by atoms with van der Waals surface area (Å²) in [5.41, 5.74) is 2.34. The molecule has 0 bridgehead atoms. The number of hydrogen-bond acceptors (Lipinski definition) is 7. The second kappa shape index (κ2) is 30.2. The van der Waals surface area contributed by atoms with Crippen LogP contribution in [0.2, 0.25) is 0 Å². The van der Waals surface area contributed by atoms with Crippen LogP contribution in [-0.4, -0.2) is 95.6 Å². The van der Waals surface area contributed by atoms with Gasteiger partial charge < -0.3 is 29.0 Å². The molecular formula is C57H102N2O6. The van der Waals surface area contributed by atoms with E-state index in [0.29, 0.717) is 38.4 Å². The Labute approximate surface area is 400 Å². The van der Waals surface area contributed by atoms with Gasteiger partial charge in [0.25, 0.3) is 0 Å². The average molecular weight is 911 g/mol. The monoisotopic (exact) mass is 911 g/mol. The van der Waals surface area contributed by atoms with Crippen molar-refractivity contribution in [1.29, 1.82) is 0 Å². The van der Waals surface area contributed by atoms with Crippen LogP contribution < -0.4 is 5.32 Å². The van der Waals surface area contributed by atoms with Crippen molar-refractivity contribution in [3.63, 3.8) is 0 Å². The van der Waals surface area contributed by atoms with Crippen LogP contribution in [0.3, 0.4) is 0 Å². The summed E-state index contributed by atoms with van der Waals surface area (Å²) in [6.07, 6.45) is 39.5. The largest absolute Gasteiger partial charge is 0.446 e. The molecule has 0 radical (unpaired) electrons. The lowest BCUT2D eigenvalue weighted by atomic mass is 9.47. The van der Waals surface area contributed by atoms with Gasteiger partial charge in [-0.25, -0.2) is 4.79 Å². The van der Waals surface area contributed by atoms with Gasteiger partial charge in [-0.3, -0.25) is 4.90 Å². The van der Waals surface area contributed by atoms with E-state index in [9.17, 15) is 4.79 Å². The van der Waals surface area contributed by atoms with E-state index >= 15 is 0 Å². The quantitative estimate of drug-likeness (QED) is 0.0519. The molecule has 5 aliphatic rings. The lowest BCUT2D eigenvalue weighted by Crippen LogP contribution is -2.51. The number of hydrogen-bond donors (Lipinski definition) is 1. The van der Waals surface area contributed by atoms with Crippen molar-refractivity contribution in [2.45, 2.75) is 214 Å². The molecule has 2 unspecified atom stereocenters. The Morgan fingerprint density at radius 1 is 0.800 bits per heavy atom. The highest BCUT2D eigenvalue weighted by Crippen LogP contribution is 2.67. The van der Waals surface area contributed by atoms with E-state index < -0.39 is 0 Å². The molecule has 0 aromatic carbocycles. The molecule has 0 spiro atoms. The maximum absolute atomic E-state index is 12.9. The van der Waals surface area contributed by atoms with Gasteiger partial charge in [-0.05, 0) is 123 Å². The molecule has 1 saturated heterocycles. The molecule has 4 aliphatic carbocycles. The normalized spacial score (nSPS) is 29.0. The predicted octanol–water partition coefficient (Wildman–Crippen LogP) is 13.9. The number of carbonyl (C=O) groups is 1. The highest BCUT2D eigenvalue weighted by molar-refractivity contribution is 5.67. The van der Waals surface area contributed by atoms with Gasteiger partial charge in [-0.2, -0.15) is 0 Å². The molecule has 0 aromatic heterocycles. The number of amides is 1. The first-order chi connectivity index (χ1) is 31.6. The second-order valence-electron chi connectivity index (χ2n) is 22.5. The number of nitrogens with one attached hydrogen (secondary N) is 1. The van der Waals surface area contributed by atoms with Crippen LogP contribution in [0.25, 0.3) is 0 Å². The molecule has 5 rings (SSSR count). The van der Waals surface area contributed by atoms with E-state index in [1.807, 2.05) is 0 Å². The maximum Gasteiger partial charge on any atom is 0.407 e. The van der Waals surface area contributed by atoms with E-state index in [-0.39, 0.29) is 23.7 Å². The summed E-state index contributed by atoms with van der Waals surface area (Å²) in [5, 5.41) is 2.96.